The molecule has 0 bridgehead atoms. The fourth-order valence-electron chi connectivity index (χ4n) is 1.55. The van der Waals surface area contributed by atoms with E-state index in [1.165, 1.54) is 7.11 Å². The number of nitrogens with zero attached hydrogens (tertiary/aromatic N) is 3. The first-order valence-corrected chi connectivity index (χ1v) is 3.75. The molecule has 0 radical (unpaired) electrons. The molecule has 0 spiro atoms. The van der Waals surface area contributed by atoms with Crippen LogP contribution in [0.5, 0.6) is 0 Å². The van der Waals surface area contributed by atoms with Gasteiger partial charge in [-0.25, -0.2) is 0 Å². The molecule has 5 heteroatoms. The van der Waals surface area contributed by atoms with Crippen molar-refractivity contribution >= 4 is 5.97 Å². The first-order chi connectivity index (χ1) is 5.62. The summed E-state index contributed by atoms with van der Waals surface area (Å²) in [5.41, 5.74) is 7.69. The van der Waals surface area contributed by atoms with Gasteiger partial charge in [-0.05, 0) is 25.3 Å². The van der Waals surface area contributed by atoms with E-state index < -0.39 is 5.41 Å². The minimum absolute atomic E-state index is 0.0286. The van der Waals surface area contributed by atoms with E-state index in [1.54, 1.807) is 0 Å². The Balaban J connectivity index is 2.50. The summed E-state index contributed by atoms with van der Waals surface area (Å²) in [4.78, 5) is 13.8. The largest absolute Gasteiger partial charge is 0.469 e. The highest BCUT2D eigenvalue weighted by atomic mass is 16.5. The second-order valence-electron chi connectivity index (χ2n) is 3.32. The van der Waals surface area contributed by atoms with Gasteiger partial charge in [0.1, 0.15) is 0 Å². The van der Waals surface area contributed by atoms with E-state index in [2.05, 4.69) is 14.8 Å². The molecule has 0 heterocycles. The molecule has 0 aromatic rings. The third kappa shape index (κ3) is 1.36. The minimum atomic E-state index is -0.423. The quantitative estimate of drug-likeness (QED) is 0.272. The molecular weight excluding hydrogens is 158 g/mol. The van der Waals surface area contributed by atoms with Crippen LogP contribution in [0, 0.1) is 5.41 Å². The Morgan fingerprint density at radius 2 is 2.33 bits per heavy atom. The molecule has 0 atom stereocenters. The number of azide groups is 1. The van der Waals surface area contributed by atoms with Crippen molar-refractivity contribution in [1.29, 1.82) is 0 Å². The van der Waals surface area contributed by atoms with E-state index in [1.807, 2.05) is 6.92 Å². The SMILES string of the molecule is COC(=O)C1(C)CC(N=[N+]=[N-])C1. The van der Waals surface area contributed by atoms with Crippen molar-refractivity contribution in [3.8, 4) is 0 Å². The van der Waals surface area contributed by atoms with Crippen LogP contribution < -0.4 is 0 Å². The highest BCUT2D eigenvalue weighted by molar-refractivity contribution is 5.77. The van der Waals surface area contributed by atoms with Crippen LogP contribution >= 0.6 is 0 Å². The van der Waals surface area contributed by atoms with Crippen molar-refractivity contribution in [3.05, 3.63) is 10.4 Å². The predicted octanol–water partition coefficient (Wildman–Crippen LogP) is 1.64. The van der Waals surface area contributed by atoms with Gasteiger partial charge in [-0.15, -0.1) is 0 Å². The van der Waals surface area contributed by atoms with Crippen molar-refractivity contribution in [3.63, 3.8) is 0 Å². The second kappa shape index (κ2) is 3.03. The predicted molar refractivity (Wildman–Crippen MR) is 42.3 cm³/mol. The Bertz CT molecular complexity index is 239. The van der Waals surface area contributed by atoms with Gasteiger partial charge in [-0.1, -0.05) is 5.11 Å². The van der Waals surface area contributed by atoms with E-state index in [9.17, 15) is 4.79 Å². The fraction of sp³-hybridized carbons (Fsp3) is 0.857. The van der Waals surface area contributed by atoms with Crippen LogP contribution in [0.3, 0.4) is 0 Å². The summed E-state index contributed by atoms with van der Waals surface area (Å²) in [6.45, 7) is 1.82. The highest BCUT2D eigenvalue weighted by Crippen LogP contribution is 2.43. The topological polar surface area (TPSA) is 75.1 Å². The number of hydrogen-bond donors (Lipinski definition) is 0. The van der Waals surface area contributed by atoms with Crippen molar-refractivity contribution in [2.24, 2.45) is 10.5 Å². The lowest BCUT2D eigenvalue weighted by Gasteiger charge is -2.40. The third-order valence-corrected chi connectivity index (χ3v) is 2.27. The summed E-state index contributed by atoms with van der Waals surface area (Å²) in [5, 5.41) is 3.51. The van der Waals surface area contributed by atoms with Crippen LogP contribution in [0.4, 0.5) is 0 Å². The van der Waals surface area contributed by atoms with Gasteiger partial charge in [-0.3, -0.25) is 4.79 Å². The first-order valence-electron chi connectivity index (χ1n) is 3.75. The number of carbonyl (C=O) groups excluding carboxylic acids is 1. The van der Waals surface area contributed by atoms with Gasteiger partial charge in [0.15, 0.2) is 0 Å². The number of carbonyl (C=O) groups is 1. The van der Waals surface area contributed by atoms with Gasteiger partial charge in [0.25, 0.3) is 0 Å². The van der Waals surface area contributed by atoms with Gasteiger partial charge in [0.2, 0.25) is 0 Å². The molecule has 0 N–H and O–H groups in total. The lowest BCUT2D eigenvalue weighted by molar-refractivity contribution is -0.157. The van der Waals surface area contributed by atoms with Crippen LogP contribution in [-0.4, -0.2) is 19.1 Å². The molecule has 1 fully saturated rings. The van der Waals surface area contributed by atoms with Gasteiger partial charge in [0, 0.05) is 11.0 Å². The van der Waals surface area contributed by atoms with Crippen LogP contribution in [0.15, 0.2) is 5.11 Å². The normalized spacial score (nSPS) is 33.0. The van der Waals surface area contributed by atoms with Crippen molar-refractivity contribution < 1.29 is 9.53 Å². The van der Waals surface area contributed by atoms with E-state index in [-0.39, 0.29) is 12.0 Å². The van der Waals surface area contributed by atoms with Crippen LogP contribution in [0.1, 0.15) is 19.8 Å². The summed E-state index contributed by atoms with van der Waals surface area (Å²) in [6.07, 6.45) is 1.20. The molecule has 1 rings (SSSR count). The van der Waals surface area contributed by atoms with E-state index in [4.69, 9.17) is 5.53 Å². The Morgan fingerprint density at radius 3 is 2.75 bits per heavy atom. The van der Waals surface area contributed by atoms with Gasteiger partial charge in [-0.2, -0.15) is 0 Å². The zero-order valence-corrected chi connectivity index (χ0v) is 7.15. The standard InChI is InChI=1S/C7H11N3O2/c1-7(6(11)12-2)3-5(4-7)9-10-8/h5H,3-4H2,1-2H3. The summed E-state index contributed by atoms with van der Waals surface area (Å²) in [6, 6.07) is -0.0286. The number of hydrogen-bond acceptors (Lipinski definition) is 3. The van der Waals surface area contributed by atoms with Crippen molar-refractivity contribution in [2.75, 3.05) is 7.11 Å². The number of rotatable bonds is 2. The smallest absolute Gasteiger partial charge is 0.311 e. The lowest BCUT2D eigenvalue weighted by atomic mass is 9.67. The number of methoxy groups -OCH3 is 1. The zero-order valence-electron chi connectivity index (χ0n) is 7.15. The Kier molecular flexibility index (Phi) is 2.24. The summed E-state index contributed by atoms with van der Waals surface area (Å²) >= 11 is 0. The molecular formula is C7H11N3O2. The molecule has 66 valence electrons. The molecule has 0 saturated heterocycles. The molecule has 1 aliphatic rings. The summed E-state index contributed by atoms with van der Waals surface area (Å²) in [7, 11) is 1.37. The van der Waals surface area contributed by atoms with Crippen LogP contribution in [-0.2, 0) is 9.53 Å². The number of esters is 1. The van der Waals surface area contributed by atoms with Crippen LogP contribution in [0.25, 0.3) is 10.4 Å². The monoisotopic (exact) mass is 169 g/mol. The molecule has 5 nitrogen and oxygen atoms in total. The average Bonchev–Trinajstić information content (AvgIpc) is 2.00. The van der Waals surface area contributed by atoms with Gasteiger partial charge < -0.3 is 4.74 Å². The van der Waals surface area contributed by atoms with Crippen molar-refractivity contribution in [1.82, 2.24) is 0 Å². The fourth-order valence-corrected chi connectivity index (χ4v) is 1.55. The maximum Gasteiger partial charge on any atom is 0.311 e. The van der Waals surface area contributed by atoms with E-state index in [0.29, 0.717) is 12.8 Å². The molecule has 12 heavy (non-hydrogen) atoms. The molecule has 0 unspecified atom stereocenters. The second-order valence-corrected chi connectivity index (χ2v) is 3.32. The van der Waals surface area contributed by atoms with Gasteiger partial charge in [0.05, 0.1) is 12.5 Å². The maximum absolute atomic E-state index is 11.1. The average molecular weight is 169 g/mol. The van der Waals surface area contributed by atoms with Crippen LogP contribution in [0.2, 0.25) is 0 Å². The van der Waals surface area contributed by atoms with E-state index >= 15 is 0 Å². The first kappa shape index (κ1) is 8.87. The molecule has 1 saturated carbocycles. The zero-order chi connectivity index (χ0) is 9.19. The minimum Gasteiger partial charge on any atom is -0.469 e. The van der Waals surface area contributed by atoms with E-state index in [0.717, 1.165) is 0 Å². The molecule has 1 aliphatic carbocycles. The summed E-state index contributed by atoms with van der Waals surface area (Å²) in [5.74, 6) is -0.216. The molecule has 0 aliphatic heterocycles. The Morgan fingerprint density at radius 1 is 1.75 bits per heavy atom. The molecule has 0 aromatic carbocycles. The molecule has 0 amide bonds. The highest BCUT2D eigenvalue weighted by Gasteiger charge is 2.46. The third-order valence-electron chi connectivity index (χ3n) is 2.27. The number of ether oxygens (including phenoxy) is 1. The lowest BCUT2D eigenvalue weighted by Crippen LogP contribution is -2.44. The Hall–Kier alpha value is -1.22. The van der Waals surface area contributed by atoms with Gasteiger partial charge >= 0.3 is 5.97 Å². The maximum atomic E-state index is 11.1. The summed E-state index contributed by atoms with van der Waals surface area (Å²) < 4.78 is 4.61. The Labute approximate surface area is 70.3 Å². The molecule has 0 aromatic heterocycles. The van der Waals surface area contributed by atoms with Crippen molar-refractivity contribution in [2.45, 2.75) is 25.8 Å².